The number of hydrogen-bond acceptors (Lipinski definition) is 7. The minimum absolute atomic E-state index is 0.00575. The minimum atomic E-state index is -0.616. The number of rotatable bonds is 7. The van der Waals surface area contributed by atoms with Crippen LogP contribution < -0.4 is 14.8 Å². The lowest BCUT2D eigenvalue weighted by Gasteiger charge is -2.23. The molecule has 9 heteroatoms. The number of nitrogens with one attached hydrogen (secondary N) is 1. The van der Waals surface area contributed by atoms with E-state index in [4.69, 9.17) is 14.6 Å². The SMILES string of the molecule is COc1ccc(C2=NN(C3=NC(=O)[C@H](CC(=O)Nc4cccc(OC)c4)S3)[C@H](c3ccc(C)cc3)C2)cc1. The van der Waals surface area contributed by atoms with E-state index in [2.05, 4.69) is 34.6 Å². The molecular formula is C29H28N4O4S. The highest BCUT2D eigenvalue weighted by Gasteiger charge is 2.39. The van der Waals surface area contributed by atoms with Crippen LogP contribution in [0.4, 0.5) is 5.69 Å². The number of aliphatic imine (C=N–C) groups is 1. The molecule has 38 heavy (non-hydrogen) atoms. The van der Waals surface area contributed by atoms with Crippen LogP contribution in [0.3, 0.4) is 0 Å². The molecule has 3 aromatic carbocycles. The molecule has 2 aliphatic heterocycles. The molecule has 0 saturated carbocycles. The van der Waals surface area contributed by atoms with Crippen LogP contribution in [0.15, 0.2) is 82.9 Å². The number of amidine groups is 1. The number of carbonyl (C=O) groups is 2. The summed E-state index contributed by atoms with van der Waals surface area (Å²) in [5.41, 5.74) is 4.73. The third-order valence-corrected chi connectivity index (χ3v) is 7.59. The van der Waals surface area contributed by atoms with Gasteiger partial charge in [0.05, 0.1) is 26.0 Å². The summed E-state index contributed by atoms with van der Waals surface area (Å²) in [7, 11) is 3.20. The molecule has 0 fully saturated rings. The molecule has 8 nitrogen and oxygen atoms in total. The molecule has 2 heterocycles. The number of thioether (sulfide) groups is 1. The molecule has 0 spiro atoms. The zero-order chi connectivity index (χ0) is 26.6. The van der Waals surface area contributed by atoms with E-state index in [1.807, 2.05) is 36.2 Å². The quantitative estimate of drug-likeness (QED) is 0.454. The van der Waals surface area contributed by atoms with E-state index < -0.39 is 5.25 Å². The van der Waals surface area contributed by atoms with Crippen molar-refractivity contribution in [1.82, 2.24) is 5.01 Å². The largest absolute Gasteiger partial charge is 0.497 e. The van der Waals surface area contributed by atoms with Crippen LogP contribution in [0.25, 0.3) is 0 Å². The first-order chi connectivity index (χ1) is 18.4. The van der Waals surface area contributed by atoms with Gasteiger partial charge in [0.2, 0.25) is 5.91 Å². The van der Waals surface area contributed by atoms with Gasteiger partial charge >= 0.3 is 0 Å². The number of methoxy groups -OCH3 is 2. The Balaban J connectivity index is 1.34. The lowest BCUT2D eigenvalue weighted by Crippen LogP contribution is -2.25. The summed E-state index contributed by atoms with van der Waals surface area (Å²) in [5, 5.41) is 9.45. The highest BCUT2D eigenvalue weighted by atomic mass is 32.2. The molecule has 194 valence electrons. The maximum Gasteiger partial charge on any atom is 0.262 e. The summed E-state index contributed by atoms with van der Waals surface area (Å²) in [5.74, 6) is 0.818. The minimum Gasteiger partial charge on any atom is -0.497 e. The van der Waals surface area contributed by atoms with Gasteiger partial charge in [0, 0.05) is 24.6 Å². The Hall–Kier alpha value is -4.11. The number of carbonyl (C=O) groups excluding carboxylic acids is 2. The van der Waals surface area contributed by atoms with Crippen molar-refractivity contribution in [2.24, 2.45) is 10.1 Å². The molecule has 3 aromatic rings. The number of anilines is 1. The van der Waals surface area contributed by atoms with Gasteiger partial charge in [-0.1, -0.05) is 47.7 Å². The third kappa shape index (κ3) is 5.57. The van der Waals surface area contributed by atoms with E-state index in [1.165, 1.54) is 17.3 Å². The molecule has 2 aliphatic rings. The smallest absolute Gasteiger partial charge is 0.262 e. The second kappa shape index (κ2) is 11.1. The second-order valence-corrected chi connectivity index (χ2v) is 10.2. The number of hydrazone groups is 1. The predicted molar refractivity (Wildman–Crippen MR) is 150 cm³/mol. The summed E-state index contributed by atoms with van der Waals surface area (Å²) >= 11 is 1.28. The predicted octanol–water partition coefficient (Wildman–Crippen LogP) is 5.19. The zero-order valence-corrected chi connectivity index (χ0v) is 22.2. The Bertz CT molecular complexity index is 1400. The second-order valence-electron chi connectivity index (χ2n) is 9.07. The maximum absolute atomic E-state index is 12.8. The van der Waals surface area contributed by atoms with Crippen LogP contribution >= 0.6 is 11.8 Å². The number of aryl methyl sites for hydroxylation is 1. The van der Waals surface area contributed by atoms with Crippen molar-refractivity contribution in [3.63, 3.8) is 0 Å². The molecule has 5 rings (SSSR count). The first kappa shape index (κ1) is 25.5. The maximum atomic E-state index is 12.8. The molecule has 0 saturated heterocycles. The Labute approximate surface area is 225 Å². The highest BCUT2D eigenvalue weighted by Crippen LogP contribution is 2.39. The molecule has 2 amide bonds. The molecular weight excluding hydrogens is 500 g/mol. The van der Waals surface area contributed by atoms with E-state index in [1.54, 1.807) is 38.5 Å². The van der Waals surface area contributed by atoms with E-state index in [0.29, 0.717) is 23.0 Å². The molecule has 0 unspecified atom stereocenters. The van der Waals surface area contributed by atoms with Gasteiger partial charge < -0.3 is 14.8 Å². The Morgan fingerprint density at radius 1 is 1.03 bits per heavy atom. The molecule has 0 aromatic heterocycles. The number of amides is 2. The fourth-order valence-corrected chi connectivity index (χ4v) is 5.44. The first-order valence-corrected chi connectivity index (χ1v) is 13.1. The summed E-state index contributed by atoms with van der Waals surface area (Å²) in [6.45, 7) is 2.05. The summed E-state index contributed by atoms with van der Waals surface area (Å²) in [6.07, 6.45) is 0.663. The van der Waals surface area contributed by atoms with Crippen molar-refractivity contribution in [3.8, 4) is 11.5 Å². The Morgan fingerprint density at radius 2 is 1.76 bits per heavy atom. The van der Waals surface area contributed by atoms with Gasteiger partial charge in [-0.25, -0.2) is 5.01 Å². The van der Waals surface area contributed by atoms with Crippen molar-refractivity contribution in [2.75, 3.05) is 19.5 Å². The lowest BCUT2D eigenvalue weighted by molar-refractivity contribution is -0.121. The van der Waals surface area contributed by atoms with Crippen LogP contribution in [0.5, 0.6) is 11.5 Å². The van der Waals surface area contributed by atoms with Gasteiger partial charge in [-0.2, -0.15) is 10.1 Å². The van der Waals surface area contributed by atoms with Crippen molar-refractivity contribution in [3.05, 3.63) is 89.5 Å². The third-order valence-electron chi connectivity index (χ3n) is 6.44. The Morgan fingerprint density at radius 3 is 2.47 bits per heavy atom. The number of nitrogens with zero attached hydrogens (tertiary/aromatic N) is 3. The normalized spacial score (nSPS) is 18.7. The van der Waals surface area contributed by atoms with Gasteiger partial charge in [0.15, 0.2) is 5.17 Å². The van der Waals surface area contributed by atoms with Crippen molar-refractivity contribution in [1.29, 1.82) is 0 Å². The van der Waals surface area contributed by atoms with Crippen molar-refractivity contribution >= 4 is 40.1 Å². The number of ether oxygens (including phenoxy) is 2. The summed E-state index contributed by atoms with van der Waals surface area (Å²) in [6, 6.07) is 23.1. The number of hydrogen-bond donors (Lipinski definition) is 1. The Kier molecular flexibility index (Phi) is 7.46. The van der Waals surface area contributed by atoms with Crippen molar-refractivity contribution < 1.29 is 19.1 Å². The average molecular weight is 529 g/mol. The summed E-state index contributed by atoms with van der Waals surface area (Å²) < 4.78 is 10.5. The molecule has 0 bridgehead atoms. The fourth-order valence-electron chi connectivity index (χ4n) is 4.38. The van der Waals surface area contributed by atoms with E-state index >= 15 is 0 Å². The first-order valence-electron chi connectivity index (χ1n) is 12.2. The van der Waals surface area contributed by atoms with Crippen LogP contribution in [-0.2, 0) is 9.59 Å². The molecule has 1 N–H and O–H groups in total. The average Bonchev–Trinajstić information content (AvgIpc) is 3.53. The van der Waals surface area contributed by atoms with Gasteiger partial charge in [-0.3, -0.25) is 9.59 Å². The van der Waals surface area contributed by atoms with Gasteiger partial charge in [0.25, 0.3) is 5.91 Å². The molecule has 2 atom stereocenters. The van der Waals surface area contributed by atoms with Crippen LogP contribution in [0.2, 0.25) is 0 Å². The van der Waals surface area contributed by atoms with Crippen LogP contribution in [0, 0.1) is 6.92 Å². The van der Waals surface area contributed by atoms with Gasteiger partial charge in [-0.15, -0.1) is 0 Å². The van der Waals surface area contributed by atoms with Crippen molar-refractivity contribution in [2.45, 2.75) is 31.1 Å². The fraction of sp³-hybridized carbons (Fsp3) is 0.241. The topological polar surface area (TPSA) is 92.6 Å². The van der Waals surface area contributed by atoms with E-state index in [9.17, 15) is 9.59 Å². The van der Waals surface area contributed by atoms with E-state index in [-0.39, 0.29) is 24.3 Å². The zero-order valence-electron chi connectivity index (χ0n) is 21.4. The lowest BCUT2D eigenvalue weighted by atomic mass is 9.98. The van der Waals surface area contributed by atoms with E-state index in [0.717, 1.165) is 22.6 Å². The molecule has 0 aliphatic carbocycles. The summed E-state index contributed by atoms with van der Waals surface area (Å²) in [4.78, 5) is 29.9. The molecule has 0 radical (unpaired) electrons. The van der Waals surface area contributed by atoms with Crippen LogP contribution in [-0.4, -0.2) is 47.2 Å². The van der Waals surface area contributed by atoms with Gasteiger partial charge in [0.1, 0.15) is 16.7 Å². The van der Waals surface area contributed by atoms with Gasteiger partial charge in [-0.05, 0) is 54.4 Å². The monoisotopic (exact) mass is 528 g/mol. The standard InChI is InChI=1S/C29H28N4O4S/c1-18-7-9-20(10-8-18)25-16-24(19-11-13-22(36-2)14-12-19)32-33(25)29-31-28(35)26(38-29)17-27(34)30-21-5-4-6-23(15-21)37-3/h4-15,25-26H,16-17H2,1-3H3,(H,30,34)/t25-,26-/m0/s1. The number of benzene rings is 3. The highest BCUT2D eigenvalue weighted by molar-refractivity contribution is 8.15. The van der Waals surface area contributed by atoms with Crippen LogP contribution in [0.1, 0.15) is 35.6 Å².